The quantitative estimate of drug-likeness (QED) is 0.181. The number of anilines is 1. The summed E-state index contributed by atoms with van der Waals surface area (Å²) in [6.45, 7) is 6.37. The Hall–Kier alpha value is -1.52. The smallest absolute Gasteiger partial charge is 0.419 e. The third-order valence-electron chi connectivity index (χ3n) is 4.89. The first-order chi connectivity index (χ1) is 16.7. The van der Waals surface area contributed by atoms with E-state index in [1.807, 2.05) is 18.4 Å². The van der Waals surface area contributed by atoms with Crippen molar-refractivity contribution in [3.05, 3.63) is 70.6 Å². The molecule has 0 aliphatic carbocycles. The van der Waals surface area contributed by atoms with Crippen molar-refractivity contribution in [2.24, 2.45) is 0 Å². The molecule has 0 radical (unpaired) electrons. The average Bonchev–Trinajstić information content (AvgIpc) is 3.42. The van der Waals surface area contributed by atoms with Gasteiger partial charge in [-0.15, -0.1) is 17.9 Å². The molecule has 2 heterocycles. The van der Waals surface area contributed by atoms with Gasteiger partial charge < -0.3 is 14.7 Å². The summed E-state index contributed by atoms with van der Waals surface area (Å²) >= 11 is 10.8. The molecule has 10 heteroatoms. The van der Waals surface area contributed by atoms with Crippen molar-refractivity contribution in [3.8, 4) is 5.75 Å². The third kappa shape index (κ3) is 10.2. The Kier molecular flexibility index (Phi) is 12.6. The van der Waals surface area contributed by atoms with Crippen LogP contribution in [0.2, 0.25) is 5.02 Å². The summed E-state index contributed by atoms with van der Waals surface area (Å²) < 4.78 is 42.0. The van der Waals surface area contributed by atoms with Gasteiger partial charge in [-0.1, -0.05) is 35.9 Å². The second kappa shape index (κ2) is 14.9. The molecule has 1 aliphatic heterocycles. The Labute approximate surface area is 223 Å². The van der Waals surface area contributed by atoms with E-state index in [0.717, 1.165) is 32.5 Å². The summed E-state index contributed by atoms with van der Waals surface area (Å²) in [6.07, 6.45) is 8.89. The van der Waals surface area contributed by atoms with Gasteiger partial charge in [0.1, 0.15) is 5.75 Å². The highest BCUT2D eigenvalue weighted by Gasteiger charge is 2.33. The Morgan fingerprint density at radius 2 is 2.00 bits per heavy atom. The molecule has 35 heavy (non-hydrogen) atoms. The number of thioether (sulfide) groups is 1. The van der Waals surface area contributed by atoms with Gasteiger partial charge in [0.15, 0.2) is 0 Å². The van der Waals surface area contributed by atoms with Crippen molar-refractivity contribution < 1.29 is 18.3 Å². The number of benzene rings is 1. The fourth-order valence-electron chi connectivity index (χ4n) is 3.13. The molecule has 2 aromatic rings. The minimum Gasteiger partial charge on any atom is -0.507 e. The number of allylic oxidation sites excluding steroid dienone is 4. The predicted molar refractivity (Wildman–Crippen MR) is 149 cm³/mol. The summed E-state index contributed by atoms with van der Waals surface area (Å²) in [5.74, 6) is 0.0659. The molecule has 0 spiro atoms. The monoisotopic (exact) mass is 562 g/mol. The number of hydrogen-bond acceptors (Lipinski definition) is 6. The van der Waals surface area contributed by atoms with Crippen LogP contribution < -0.4 is 4.72 Å². The van der Waals surface area contributed by atoms with Crippen LogP contribution in [0.15, 0.2) is 59.4 Å². The van der Waals surface area contributed by atoms with Crippen LogP contribution >= 0.6 is 46.6 Å². The van der Waals surface area contributed by atoms with Gasteiger partial charge in [0.25, 0.3) is 0 Å². The molecule has 3 nitrogen and oxygen atoms in total. The van der Waals surface area contributed by atoms with E-state index < -0.39 is 17.5 Å². The van der Waals surface area contributed by atoms with Crippen molar-refractivity contribution in [2.75, 3.05) is 36.9 Å². The van der Waals surface area contributed by atoms with E-state index in [2.05, 4.69) is 29.3 Å². The fourth-order valence-corrected chi connectivity index (χ4v) is 5.75. The Morgan fingerprint density at radius 3 is 2.54 bits per heavy atom. The molecule has 1 saturated heterocycles. The molecular formula is C25H30ClF3N2OS3. The number of nitrogens with one attached hydrogen (secondary N) is 1. The highest BCUT2D eigenvalue weighted by molar-refractivity contribution is 8.02. The van der Waals surface area contributed by atoms with Crippen LogP contribution in [0.5, 0.6) is 5.75 Å². The largest absolute Gasteiger partial charge is 0.507 e. The zero-order chi connectivity index (χ0) is 25.8. The van der Waals surface area contributed by atoms with Crippen LogP contribution in [0.3, 0.4) is 0 Å². The number of likely N-dealkylation sites (tertiary alicyclic amines) is 1. The Morgan fingerprint density at radius 1 is 1.29 bits per heavy atom. The molecule has 1 aromatic heterocycles. The SMILES string of the molecule is C=CC/C=C(\C=C/CSC)c1sc(SNc2ccc(C(F)(F)F)c(O)c2)cc1Cl.CN1CCCC1. The van der Waals surface area contributed by atoms with Gasteiger partial charge in [-0.3, -0.25) is 0 Å². The molecule has 0 bridgehead atoms. The maximum Gasteiger partial charge on any atom is 0.419 e. The molecule has 3 rings (SSSR count). The number of thiophene rings is 1. The van der Waals surface area contributed by atoms with E-state index in [9.17, 15) is 18.3 Å². The zero-order valence-electron chi connectivity index (χ0n) is 19.7. The lowest BCUT2D eigenvalue weighted by Gasteiger charge is -2.10. The van der Waals surface area contributed by atoms with Gasteiger partial charge in [-0.25, -0.2) is 0 Å². The lowest BCUT2D eigenvalue weighted by molar-refractivity contribution is -0.138. The van der Waals surface area contributed by atoms with Gasteiger partial charge >= 0.3 is 6.18 Å². The maximum atomic E-state index is 12.7. The Balaban J connectivity index is 0.000000625. The zero-order valence-corrected chi connectivity index (χ0v) is 22.9. The fraction of sp³-hybridized carbons (Fsp3) is 0.360. The van der Waals surface area contributed by atoms with E-state index in [1.165, 1.54) is 55.3 Å². The maximum absolute atomic E-state index is 12.7. The minimum absolute atomic E-state index is 0.355. The van der Waals surface area contributed by atoms with E-state index in [1.54, 1.807) is 23.9 Å². The van der Waals surface area contributed by atoms with Crippen molar-refractivity contribution in [1.82, 2.24) is 4.90 Å². The number of nitrogens with zero attached hydrogens (tertiary/aromatic N) is 1. The topological polar surface area (TPSA) is 35.5 Å². The highest BCUT2D eigenvalue weighted by Crippen LogP contribution is 2.40. The molecular weight excluding hydrogens is 533 g/mol. The van der Waals surface area contributed by atoms with Crippen LogP contribution in [0, 0.1) is 0 Å². The number of phenolic OH excluding ortho intramolecular Hbond substituents is 1. The molecule has 1 aromatic carbocycles. The summed E-state index contributed by atoms with van der Waals surface area (Å²) in [7, 11) is 2.17. The second-order valence-corrected chi connectivity index (χ2v) is 11.2. The van der Waals surface area contributed by atoms with Gasteiger partial charge in [-0.05, 0) is 81.4 Å². The molecule has 0 unspecified atom stereocenters. The number of halogens is 4. The lowest BCUT2D eigenvalue weighted by Crippen LogP contribution is -2.10. The van der Waals surface area contributed by atoms with Crippen molar-refractivity contribution in [2.45, 2.75) is 29.6 Å². The summed E-state index contributed by atoms with van der Waals surface area (Å²) in [4.78, 5) is 3.27. The first-order valence-corrected chi connectivity index (χ1v) is 14.3. The Bertz CT molecular complexity index is 1020. The minimum atomic E-state index is -4.59. The molecule has 2 N–H and O–H groups in total. The molecule has 0 saturated carbocycles. The van der Waals surface area contributed by atoms with Gasteiger partial charge in [0.2, 0.25) is 0 Å². The van der Waals surface area contributed by atoms with E-state index in [-0.39, 0.29) is 0 Å². The number of aromatic hydroxyl groups is 1. The summed E-state index contributed by atoms with van der Waals surface area (Å²) in [6, 6.07) is 4.96. The molecule has 0 atom stereocenters. The summed E-state index contributed by atoms with van der Waals surface area (Å²) in [5, 5.41) is 10.2. The van der Waals surface area contributed by atoms with Crippen LogP contribution in [-0.4, -0.2) is 42.2 Å². The number of rotatable bonds is 9. The summed E-state index contributed by atoms with van der Waals surface area (Å²) in [5.41, 5.74) is 0.283. The molecule has 0 amide bonds. The van der Waals surface area contributed by atoms with Crippen molar-refractivity contribution in [1.29, 1.82) is 0 Å². The second-order valence-electron chi connectivity index (χ2n) is 7.73. The normalized spacial score (nSPS) is 14.7. The van der Waals surface area contributed by atoms with Crippen LogP contribution in [-0.2, 0) is 6.18 Å². The number of alkyl halides is 3. The van der Waals surface area contributed by atoms with Crippen LogP contribution in [0.1, 0.15) is 29.7 Å². The van der Waals surface area contributed by atoms with Gasteiger partial charge in [0.05, 0.1) is 19.7 Å². The highest BCUT2D eigenvalue weighted by atomic mass is 35.5. The van der Waals surface area contributed by atoms with Crippen LogP contribution in [0.25, 0.3) is 5.57 Å². The standard InChI is InChI=1S/C20H19ClF3NOS3.C5H11N/c1-3-4-6-13(7-5-10-27-2)19-16(21)12-18(28-19)29-25-14-8-9-15(17(26)11-14)20(22,23)24;1-6-4-2-3-5-6/h3,5-9,11-12,25-26H,1,4,10H2,2H3;2-5H2,1H3/b7-5-,13-6+;. The van der Waals surface area contributed by atoms with Crippen molar-refractivity contribution >= 4 is 57.9 Å². The number of hydrogen-bond donors (Lipinski definition) is 2. The lowest BCUT2D eigenvalue weighted by atomic mass is 10.1. The third-order valence-corrected chi connectivity index (χ3v) is 7.96. The molecule has 1 aliphatic rings. The van der Waals surface area contributed by atoms with Gasteiger partial charge in [0, 0.05) is 17.5 Å². The molecule has 192 valence electrons. The average molecular weight is 563 g/mol. The van der Waals surface area contributed by atoms with E-state index in [0.29, 0.717) is 17.1 Å². The number of phenols is 1. The molecule has 1 fully saturated rings. The van der Waals surface area contributed by atoms with Gasteiger partial charge in [-0.2, -0.15) is 24.9 Å². The first kappa shape index (κ1) is 29.7. The van der Waals surface area contributed by atoms with Crippen molar-refractivity contribution in [3.63, 3.8) is 0 Å². The van der Waals surface area contributed by atoms with E-state index in [4.69, 9.17) is 11.6 Å². The first-order valence-electron chi connectivity index (χ1n) is 10.9. The van der Waals surface area contributed by atoms with Crippen LogP contribution in [0.4, 0.5) is 18.9 Å². The predicted octanol–water partition coefficient (Wildman–Crippen LogP) is 8.84. The van der Waals surface area contributed by atoms with E-state index >= 15 is 0 Å².